The summed E-state index contributed by atoms with van der Waals surface area (Å²) in [6.07, 6.45) is 17.2. The fourth-order valence-corrected chi connectivity index (χ4v) is 4.10. The molecule has 2 unspecified atom stereocenters. The van der Waals surface area contributed by atoms with Crippen LogP contribution < -0.4 is 5.32 Å². The van der Waals surface area contributed by atoms with E-state index in [9.17, 15) is 4.91 Å². The van der Waals surface area contributed by atoms with E-state index < -0.39 is 12.0 Å². The molecule has 0 bridgehead atoms. The molecule has 0 spiro atoms. The maximum Gasteiger partial charge on any atom is 0.217 e. The van der Waals surface area contributed by atoms with Crippen molar-refractivity contribution < 1.29 is 13.9 Å². The third kappa shape index (κ3) is 12.5. The Balaban J connectivity index is 8.11. The van der Waals surface area contributed by atoms with Crippen LogP contribution in [0.25, 0.3) is 0 Å². The quantitative estimate of drug-likeness (QED) is 0.0345. The van der Waals surface area contributed by atoms with Gasteiger partial charge in [0.15, 0.2) is 6.40 Å². The van der Waals surface area contributed by atoms with E-state index in [0.29, 0.717) is 41.7 Å². The number of hydrogen-bond donors (Lipinski definition) is 1. The fraction of sp³-hybridized carbons (Fsp3) is 0.515. The Hall–Kier alpha value is -3.61. The van der Waals surface area contributed by atoms with Gasteiger partial charge in [0.05, 0.1) is 30.6 Å². The summed E-state index contributed by atoms with van der Waals surface area (Å²) in [5.41, 5.74) is 2.22. The van der Waals surface area contributed by atoms with Crippen LogP contribution in [0.3, 0.4) is 0 Å². The van der Waals surface area contributed by atoms with Gasteiger partial charge in [-0.05, 0) is 89.1 Å². The van der Waals surface area contributed by atoms with Gasteiger partial charge in [-0.3, -0.25) is 15.2 Å². The lowest BCUT2D eigenvalue weighted by Crippen LogP contribution is -2.46. The number of likely N-dealkylation sites (N-methyl/N-ethyl adjacent to an activating group) is 2. The SMILES string of the molecule is C#CC(=C/C)/C(C/C=C\C)=C(\C=C(/F)C(/N=C/OC)=C(/C(=N\C)OC(C)CCC)C(NCC)N(C)C)/C=C(\CC)N=O. The van der Waals surface area contributed by atoms with Gasteiger partial charge in [0, 0.05) is 12.6 Å². The zero-order chi connectivity index (χ0) is 32.1. The molecule has 0 rings (SSSR count). The summed E-state index contributed by atoms with van der Waals surface area (Å²) in [5.74, 6) is 2.23. The van der Waals surface area contributed by atoms with Gasteiger partial charge in [-0.2, -0.15) is 0 Å². The molecule has 0 fully saturated rings. The lowest BCUT2D eigenvalue weighted by Gasteiger charge is -2.30. The first-order valence-electron chi connectivity index (χ1n) is 14.4. The smallest absolute Gasteiger partial charge is 0.217 e. The number of hydrogen-bond acceptors (Lipinski definition) is 8. The van der Waals surface area contributed by atoms with Crippen molar-refractivity contribution in [1.29, 1.82) is 0 Å². The Morgan fingerprint density at radius 2 is 1.88 bits per heavy atom. The number of methoxy groups -OCH3 is 1. The average molecular weight is 584 g/mol. The van der Waals surface area contributed by atoms with Crippen LogP contribution in [0.15, 0.2) is 85.1 Å². The molecule has 0 amide bonds. The second-order valence-corrected chi connectivity index (χ2v) is 9.53. The van der Waals surface area contributed by atoms with Gasteiger partial charge in [0.25, 0.3) is 0 Å². The Bertz CT molecular complexity index is 1150. The second kappa shape index (κ2) is 22.0. The van der Waals surface area contributed by atoms with Gasteiger partial charge in [-0.1, -0.05) is 51.3 Å². The van der Waals surface area contributed by atoms with Crippen molar-refractivity contribution in [3.8, 4) is 12.3 Å². The molecule has 232 valence electrons. The number of terminal acetylenes is 1. The van der Waals surface area contributed by atoms with Crippen molar-refractivity contribution in [3.63, 3.8) is 0 Å². The largest absolute Gasteiger partial charge is 0.486 e. The molecule has 9 heteroatoms. The van der Waals surface area contributed by atoms with Crippen molar-refractivity contribution >= 4 is 12.3 Å². The maximum atomic E-state index is 16.8. The van der Waals surface area contributed by atoms with E-state index in [1.807, 2.05) is 58.8 Å². The summed E-state index contributed by atoms with van der Waals surface area (Å²) in [5, 5.41) is 6.52. The van der Waals surface area contributed by atoms with Crippen molar-refractivity contribution in [1.82, 2.24) is 10.2 Å². The number of nitrogens with one attached hydrogen (secondary N) is 1. The first kappa shape index (κ1) is 38.4. The van der Waals surface area contributed by atoms with E-state index in [4.69, 9.17) is 15.9 Å². The van der Waals surface area contributed by atoms with Crippen molar-refractivity contribution in [3.05, 3.63) is 74.8 Å². The topological polar surface area (TPSA) is 87.9 Å². The number of nitrogens with zero attached hydrogens (tertiary/aromatic N) is 4. The van der Waals surface area contributed by atoms with Gasteiger partial charge in [0.2, 0.25) is 5.90 Å². The average Bonchev–Trinajstić information content (AvgIpc) is 2.97. The Morgan fingerprint density at radius 1 is 1.19 bits per heavy atom. The molecule has 0 radical (unpaired) electrons. The Labute approximate surface area is 252 Å². The van der Waals surface area contributed by atoms with Gasteiger partial charge in [-0.15, -0.1) is 11.3 Å². The van der Waals surface area contributed by atoms with Crippen LogP contribution in [0.2, 0.25) is 0 Å². The van der Waals surface area contributed by atoms with Crippen LogP contribution >= 0.6 is 0 Å². The number of rotatable bonds is 18. The standard InChI is InChI=1S/C33H50FN5O3/c1-12-18-20-28(25(14-3)15-4)26(21-27(16-5)38-40)22-29(34)31(37-23-41-11)30(32(36-17-6)39(9)10)33(35-8)42-24(7)19-13-2/h3,12,15,18,21-24,32,36H,13,16-17,19-20H2,1-2,4-11H3/b18-12-,25-15-,27-21+,28-26-,29-22-,31-30-,35-33+,37-23+. The number of halogens is 1. The van der Waals surface area contributed by atoms with Crippen LogP contribution in [-0.4, -0.2) is 64.3 Å². The number of aliphatic imine (C=N–C) groups is 2. The predicted octanol–water partition coefficient (Wildman–Crippen LogP) is 7.40. The minimum absolute atomic E-state index is 0.0445. The van der Waals surface area contributed by atoms with E-state index in [2.05, 4.69) is 33.3 Å². The number of nitroso groups, excluding NO2 is 1. The van der Waals surface area contributed by atoms with E-state index in [1.165, 1.54) is 13.2 Å². The third-order valence-electron chi connectivity index (χ3n) is 6.16. The van der Waals surface area contributed by atoms with Crippen LogP contribution in [0, 0.1) is 17.3 Å². The zero-order valence-corrected chi connectivity index (χ0v) is 27.1. The van der Waals surface area contributed by atoms with Gasteiger partial charge < -0.3 is 9.47 Å². The summed E-state index contributed by atoms with van der Waals surface area (Å²) in [7, 11) is 6.77. The normalized spacial score (nSPS) is 16.4. The molecular weight excluding hydrogens is 533 g/mol. The molecule has 0 saturated heterocycles. The van der Waals surface area contributed by atoms with Gasteiger partial charge in [-0.25, -0.2) is 9.38 Å². The highest BCUT2D eigenvalue weighted by Crippen LogP contribution is 2.29. The van der Waals surface area contributed by atoms with E-state index >= 15 is 4.39 Å². The van der Waals surface area contributed by atoms with Crippen molar-refractivity contribution in [2.45, 2.75) is 79.5 Å². The minimum Gasteiger partial charge on any atom is -0.486 e. The molecule has 1 N–H and O–H groups in total. The Morgan fingerprint density at radius 3 is 2.33 bits per heavy atom. The first-order chi connectivity index (χ1) is 20.1. The predicted molar refractivity (Wildman–Crippen MR) is 175 cm³/mol. The fourth-order valence-electron chi connectivity index (χ4n) is 4.10. The zero-order valence-electron chi connectivity index (χ0n) is 27.1. The summed E-state index contributed by atoms with van der Waals surface area (Å²) in [6.45, 7) is 12.1. The highest BCUT2D eigenvalue weighted by molar-refractivity contribution is 5.96. The molecular formula is C33H50FN5O3. The van der Waals surface area contributed by atoms with Gasteiger partial charge in [0.1, 0.15) is 11.5 Å². The second-order valence-electron chi connectivity index (χ2n) is 9.53. The molecule has 0 aromatic heterocycles. The van der Waals surface area contributed by atoms with E-state index in [-0.39, 0.29) is 23.4 Å². The lowest BCUT2D eigenvalue weighted by atomic mass is 9.94. The van der Waals surface area contributed by atoms with Crippen LogP contribution in [0.1, 0.15) is 67.2 Å². The van der Waals surface area contributed by atoms with Crippen molar-refractivity contribution in [2.75, 3.05) is 34.8 Å². The van der Waals surface area contributed by atoms with E-state index in [1.54, 1.807) is 26.1 Å². The van der Waals surface area contributed by atoms with Crippen molar-refractivity contribution in [2.24, 2.45) is 15.2 Å². The molecule has 0 aromatic rings. The van der Waals surface area contributed by atoms with Crippen LogP contribution in [-0.2, 0) is 9.47 Å². The van der Waals surface area contributed by atoms with E-state index in [0.717, 1.165) is 19.2 Å². The monoisotopic (exact) mass is 583 g/mol. The maximum absolute atomic E-state index is 16.8. The lowest BCUT2D eigenvalue weighted by molar-refractivity contribution is 0.189. The van der Waals surface area contributed by atoms with Gasteiger partial charge >= 0.3 is 0 Å². The molecule has 8 nitrogen and oxygen atoms in total. The molecule has 0 aliphatic carbocycles. The third-order valence-corrected chi connectivity index (χ3v) is 6.16. The Kier molecular flexibility index (Phi) is 20.2. The molecule has 0 saturated carbocycles. The molecule has 42 heavy (non-hydrogen) atoms. The molecule has 0 aromatic carbocycles. The summed E-state index contributed by atoms with van der Waals surface area (Å²) < 4.78 is 28.1. The minimum atomic E-state index is -0.700. The molecule has 0 aliphatic heterocycles. The van der Waals surface area contributed by atoms with Crippen LogP contribution in [0.4, 0.5) is 4.39 Å². The summed E-state index contributed by atoms with van der Waals surface area (Å²) in [6, 6.07) is 0. The summed E-state index contributed by atoms with van der Waals surface area (Å²) >= 11 is 0. The highest BCUT2D eigenvalue weighted by Gasteiger charge is 2.29. The number of allylic oxidation sites excluding steroid dienone is 10. The van der Waals surface area contributed by atoms with Crippen LogP contribution in [0.5, 0.6) is 0 Å². The summed E-state index contributed by atoms with van der Waals surface area (Å²) in [4.78, 5) is 22.3. The first-order valence-corrected chi connectivity index (χ1v) is 14.4. The molecule has 0 aliphatic rings. The molecule has 0 heterocycles. The highest BCUT2D eigenvalue weighted by atomic mass is 19.1. The molecule has 2 atom stereocenters. The number of ether oxygens (including phenoxy) is 2.